The van der Waals surface area contributed by atoms with Gasteiger partial charge in [0.05, 0.1) is 0 Å². The number of piperidine rings is 2. The van der Waals surface area contributed by atoms with E-state index in [1.807, 2.05) is 0 Å². The Morgan fingerprint density at radius 1 is 1.00 bits per heavy atom. The average molecular weight is 225 g/mol. The van der Waals surface area contributed by atoms with Crippen LogP contribution < -0.4 is 5.32 Å². The molecule has 94 valence electrons. The molecule has 2 fully saturated rings. The topological polar surface area (TPSA) is 18.5 Å². The maximum atomic E-state index is 3.77. The minimum Gasteiger partial charge on any atom is -0.312 e. The zero-order valence-corrected chi connectivity index (χ0v) is 10.9. The maximum absolute atomic E-state index is 3.77. The van der Waals surface area contributed by atoms with Gasteiger partial charge < -0.3 is 15.1 Å². The van der Waals surface area contributed by atoms with Crippen LogP contribution in [-0.2, 0) is 0 Å². The largest absolute Gasteiger partial charge is 0.312 e. The predicted octanol–water partition coefficient (Wildman–Crippen LogP) is 1.15. The summed E-state index contributed by atoms with van der Waals surface area (Å²) in [5, 5.41) is 3.77. The van der Waals surface area contributed by atoms with Crippen LogP contribution in [-0.4, -0.2) is 62.2 Å². The monoisotopic (exact) mass is 225 g/mol. The Labute approximate surface area is 100 Å². The molecule has 3 heteroatoms. The molecule has 2 aliphatic rings. The van der Waals surface area contributed by atoms with Crippen molar-refractivity contribution in [1.82, 2.24) is 15.1 Å². The summed E-state index contributed by atoms with van der Waals surface area (Å²) < 4.78 is 0. The van der Waals surface area contributed by atoms with Gasteiger partial charge in [0.15, 0.2) is 0 Å². The Bertz CT molecular complexity index is 199. The van der Waals surface area contributed by atoms with Gasteiger partial charge in [-0.25, -0.2) is 0 Å². The van der Waals surface area contributed by atoms with Crippen LogP contribution in [0.5, 0.6) is 0 Å². The SMILES string of the molecule is CN1CCC(NCC2CCCCN2C)CC1. The van der Waals surface area contributed by atoms with Gasteiger partial charge in [-0.2, -0.15) is 0 Å². The fraction of sp³-hybridized carbons (Fsp3) is 1.00. The lowest BCUT2D eigenvalue weighted by Gasteiger charge is -2.35. The van der Waals surface area contributed by atoms with Crippen LogP contribution in [0.1, 0.15) is 32.1 Å². The molecule has 1 N–H and O–H groups in total. The minimum atomic E-state index is 0.770. The summed E-state index contributed by atoms with van der Waals surface area (Å²) in [5.74, 6) is 0. The van der Waals surface area contributed by atoms with Gasteiger partial charge in [0.25, 0.3) is 0 Å². The fourth-order valence-electron chi connectivity index (χ4n) is 2.92. The molecule has 0 aromatic carbocycles. The molecule has 0 radical (unpaired) electrons. The van der Waals surface area contributed by atoms with Gasteiger partial charge in [-0.15, -0.1) is 0 Å². The highest BCUT2D eigenvalue weighted by Crippen LogP contribution is 2.15. The van der Waals surface area contributed by atoms with Crippen molar-refractivity contribution >= 4 is 0 Å². The van der Waals surface area contributed by atoms with Crippen molar-refractivity contribution in [3.8, 4) is 0 Å². The second-order valence-corrected chi connectivity index (χ2v) is 5.62. The highest BCUT2D eigenvalue weighted by Gasteiger charge is 2.21. The summed E-state index contributed by atoms with van der Waals surface area (Å²) >= 11 is 0. The Hall–Kier alpha value is -0.120. The zero-order valence-electron chi connectivity index (χ0n) is 10.9. The number of nitrogens with zero attached hydrogens (tertiary/aromatic N) is 2. The summed E-state index contributed by atoms with van der Waals surface area (Å²) in [7, 11) is 4.51. The third-order valence-corrected chi connectivity index (χ3v) is 4.28. The van der Waals surface area contributed by atoms with Crippen molar-refractivity contribution in [3.63, 3.8) is 0 Å². The van der Waals surface area contributed by atoms with E-state index in [0.717, 1.165) is 12.1 Å². The highest BCUT2D eigenvalue weighted by atomic mass is 15.2. The molecule has 16 heavy (non-hydrogen) atoms. The van der Waals surface area contributed by atoms with Crippen LogP contribution in [0.3, 0.4) is 0 Å². The standard InChI is InChI=1S/C13H27N3/c1-15-9-6-12(7-10-15)14-11-13-5-3-4-8-16(13)2/h12-14H,3-11H2,1-2H3. The molecular formula is C13H27N3. The van der Waals surface area contributed by atoms with Gasteiger partial charge >= 0.3 is 0 Å². The molecular weight excluding hydrogens is 198 g/mol. The molecule has 0 bridgehead atoms. The molecule has 2 heterocycles. The van der Waals surface area contributed by atoms with Gasteiger partial charge in [0, 0.05) is 18.6 Å². The Kier molecular flexibility index (Phi) is 4.62. The minimum absolute atomic E-state index is 0.770. The second kappa shape index (κ2) is 5.99. The van der Waals surface area contributed by atoms with Crippen molar-refractivity contribution < 1.29 is 0 Å². The third kappa shape index (κ3) is 3.44. The quantitative estimate of drug-likeness (QED) is 0.777. The van der Waals surface area contributed by atoms with E-state index < -0.39 is 0 Å². The molecule has 0 saturated carbocycles. The summed E-state index contributed by atoms with van der Waals surface area (Å²) in [6.45, 7) is 5.01. The molecule has 0 amide bonds. The lowest BCUT2D eigenvalue weighted by atomic mass is 10.0. The molecule has 2 rings (SSSR count). The van der Waals surface area contributed by atoms with Crippen LogP contribution in [0.15, 0.2) is 0 Å². The Balaban J connectivity index is 1.66. The van der Waals surface area contributed by atoms with E-state index in [9.17, 15) is 0 Å². The van der Waals surface area contributed by atoms with E-state index in [0.29, 0.717) is 0 Å². The molecule has 0 aromatic heterocycles. The van der Waals surface area contributed by atoms with Gasteiger partial charge in [-0.3, -0.25) is 0 Å². The average Bonchev–Trinajstić information content (AvgIpc) is 2.30. The van der Waals surface area contributed by atoms with Gasteiger partial charge in [0.2, 0.25) is 0 Å². The molecule has 0 aromatic rings. The van der Waals surface area contributed by atoms with Gasteiger partial charge in [-0.1, -0.05) is 6.42 Å². The van der Waals surface area contributed by atoms with Gasteiger partial charge in [0.1, 0.15) is 0 Å². The number of rotatable bonds is 3. The summed E-state index contributed by atoms with van der Waals surface area (Å²) in [4.78, 5) is 4.97. The lowest BCUT2D eigenvalue weighted by Crippen LogP contribution is -2.48. The fourth-order valence-corrected chi connectivity index (χ4v) is 2.92. The predicted molar refractivity (Wildman–Crippen MR) is 68.8 cm³/mol. The van der Waals surface area contributed by atoms with Crippen molar-refractivity contribution in [3.05, 3.63) is 0 Å². The van der Waals surface area contributed by atoms with Crippen molar-refractivity contribution in [2.24, 2.45) is 0 Å². The first-order chi connectivity index (χ1) is 7.75. The third-order valence-electron chi connectivity index (χ3n) is 4.28. The number of likely N-dealkylation sites (tertiary alicyclic amines) is 2. The number of nitrogens with one attached hydrogen (secondary N) is 1. The van der Waals surface area contributed by atoms with Crippen LogP contribution in [0, 0.1) is 0 Å². The highest BCUT2D eigenvalue weighted by molar-refractivity contribution is 4.81. The summed E-state index contributed by atoms with van der Waals surface area (Å²) in [5.41, 5.74) is 0. The van der Waals surface area contributed by atoms with Crippen LogP contribution in [0.4, 0.5) is 0 Å². The molecule has 2 aliphatic heterocycles. The molecule has 3 nitrogen and oxygen atoms in total. The van der Waals surface area contributed by atoms with Crippen molar-refractivity contribution in [1.29, 1.82) is 0 Å². The van der Waals surface area contributed by atoms with Crippen LogP contribution in [0.25, 0.3) is 0 Å². The first kappa shape index (κ1) is 12.3. The molecule has 1 atom stereocenters. The summed E-state index contributed by atoms with van der Waals surface area (Å²) in [6, 6.07) is 1.56. The van der Waals surface area contributed by atoms with Crippen molar-refractivity contribution in [2.75, 3.05) is 40.3 Å². The maximum Gasteiger partial charge on any atom is 0.0217 e. The number of likely N-dealkylation sites (N-methyl/N-ethyl adjacent to an activating group) is 1. The van der Waals surface area contributed by atoms with Crippen molar-refractivity contribution in [2.45, 2.75) is 44.2 Å². The molecule has 0 spiro atoms. The normalized spacial score (nSPS) is 30.8. The second-order valence-electron chi connectivity index (χ2n) is 5.62. The van der Waals surface area contributed by atoms with E-state index in [1.54, 1.807) is 0 Å². The van der Waals surface area contributed by atoms with E-state index >= 15 is 0 Å². The molecule has 0 aliphatic carbocycles. The molecule has 1 unspecified atom stereocenters. The number of hydrogen-bond acceptors (Lipinski definition) is 3. The Morgan fingerprint density at radius 2 is 1.75 bits per heavy atom. The van der Waals surface area contributed by atoms with E-state index in [-0.39, 0.29) is 0 Å². The first-order valence-electron chi connectivity index (χ1n) is 6.88. The zero-order chi connectivity index (χ0) is 11.4. The van der Waals surface area contributed by atoms with E-state index in [4.69, 9.17) is 0 Å². The summed E-state index contributed by atoms with van der Waals surface area (Å²) in [6.07, 6.45) is 6.85. The van der Waals surface area contributed by atoms with E-state index in [2.05, 4.69) is 29.2 Å². The smallest absolute Gasteiger partial charge is 0.0217 e. The van der Waals surface area contributed by atoms with Crippen LogP contribution in [0.2, 0.25) is 0 Å². The Morgan fingerprint density at radius 3 is 2.44 bits per heavy atom. The van der Waals surface area contributed by atoms with Gasteiger partial charge in [-0.05, 0) is 59.4 Å². The lowest BCUT2D eigenvalue weighted by molar-refractivity contribution is 0.166. The first-order valence-corrected chi connectivity index (χ1v) is 6.88. The number of hydrogen-bond donors (Lipinski definition) is 1. The van der Waals surface area contributed by atoms with Crippen LogP contribution >= 0.6 is 0 Å². The molecule has 2 saturated heterocycles. The van der Waals surface area contributed by atoms with E-state index in [1.165, 1.54) is 58.3 Å².